The van der Waals surface area contributed by atoms with Crippen LogP contribution in [-0.2, 0) is 4.74 Å². The molecule has 188 valence electrons. The first-order chi connectivity index (χ1) is 16.9. The van der Waals surface area contributed by atoms with Crippen LogP contribution < -0.4 is 10.6 Å². The average molecular weight is 501 g/mol. The van der Waals surface area contributed by atoms with Crippen molar-refractivity contribution in [2.75, 3.05) is 30.9 Å². The molecule has 0 radical (unpaired) electrons. The lowest BCUT2D eigenvalue weighted by atomic mass is 10.1. The number of thiazole rings is 1. The second kappa shape index (κ2) is 9.90. The summed E-state index contributed by atoms with van der Waals surface area (Å²) in [6, 6.07) is 1.51. The molecule has 11 heteroatoms. The molecular formula is C24H32N6O4S. The van der Waals surface area contributed by atoms with Gasteiger partial charge in [0.25, 0.3) is 0 Å². The molecule has 10 nitrogen and oxygen atoms in total. The van der Waals surface area contributed by atoms with E-state index in [4.69, 9.17) is 14.7 Å². The van der Waals surface area contributed by atoms with E-state index in [2.05, 4.69) is 20.6 Å². The number of anilines is 2. The Kier molecular flexibility index (Phi) is 6.86. The molecule has 0 aromatic carbocycles. The number of aliphatic hydroxyl groups is 3. The smallest absolute Gasteiger partial charge is 0.224 e. The van der Waals surface area contributed by atoms with Gasteiger partial charge in [0.2, 0.25) is 5.95 Å². The molecule has 0 unspecified atom stereocenters. The minimum atomic E-state index is -1.03. The minimum absolute atomic E-state index is 0.0234. The molecule has 0 spiro atoms. The number of hydrogen-bond donors (Lipinski definition) is 5. The van der Waals surface area contributed by atoms with Crippen molar-refractivity contribution in [3.8, 4) is 10.6 Å². The Bertz CT molecular complexity index is 1200. The number of pyridine rings is 1. The van der Waals surface area contributed by atoms with E-state index in [0.717, 1.165) is 45.0 Å². The standard InChI is InChI=1S/C24H32N6O4S/c1-11(34-3)9-26-24-27-12(2)17(22(30-24)28-15-8-14(10-31)20(32)21(15)33)23-29-19-16(35-23)6-7-25-18(19)13-4-5-13/h6-7,11,13-15,20-21,31-33H,4-5,8-10H2,1-3H3,(H2,26,27,28,30)/t11-,14+,15+,20+,21-/m0/s1. The van der Waals surface area contributed by atoms with Gasteiger partial charge in [-0.2, -0.15) is 4.98 Å². The van der Waals surface area contributed by atoms with Gasteiger partial charge in [0.15, 0.2) is 0 Å². The quantitative estimate of drug-likeness (QED) is 0.297. The van der Waals surface area contributed by atoms with Crippen molar-refractivity contribution in [2.24, 2.45) is 5.92 Å². The second-order valence-corrected chi connectivity index (χ2v) is 10.6. The third kappa shape index (κ3) is 4.83. The summed E-state index contributed by atoms with van der Waals surface area (Å²) >= 11 is 1.57. The van der Waals surface area contributed by atoms with Crippen LogP contribution in [0.5, 0.6) is 0 Å². The molecule has 3 heterocycles. The highest BCUT2D eigenvalue weighted by atomic mass is 32.1. The Labute approximate surface area is 207 Å². The minimum Gasteiger partial charge on any atom is -0.396 e. The lowest BCUT2D eigenvalue weighted by Crippen LogP contribution is -2.35. The Morgan fingerprint density at radius 1 is 1.20 bits per heavy atom. The summed E-state index contributed by atoms with van der Waals surface area (Å²) in [7, 11) is 1.65. The summed E-state index contributed by atoms with van der Waals surface area (Å²) in [6.45, 7) is 4.20. The fraction of sp³-hybridized carbons (Fsp3) is 0.583. The van der Waals surface area contributed by atoms with E-state index in [1.165, 1.54) is 0 Å². The van der Waals surface area contributed by atoms with Crippen LogP contribution >= 0.6 is 11.3 Å². The van der Waals surface area contributed by atoms with Crippen LogP contribution in [0.2, 0.25) is 0 Å². The number of aryl methyl sites for hydroxylation is 1. The van der Waals surface area contributed by atoms with Gasteiger partial charge in [-0.25, -0.2) is 9.97 Å². The molecule has 2 saturated carbocycles. The van der Waals surface area contributed by atoms with E-state index in [0.29, 0.717) is 30.6 Å². The molecular weight excluding hydrogens is 468 g/mol. The molecule has 5 N–H and O–H groups in total. The highest BCUT2D eigenvalue weighted by Gasteiger charge is 2.41. The lowest BCUT2D eigenvalue weighted by Gasteiger charge is -2.21. The lowest BCUT2D eigenvalue weighted by molar-refractivity contribution is 0.00446. The fourth-order valence-corrected chi connectivity index (χ4v) is 5.66. The summed E-state index contributed by atoms with van der Waals surface area (Å²) in [6.07, 6.45) is 2.49. The van der Waals surface area contributed by atoms with E-state index >= 15 is 0 Å². The van der Waals surface area contributed by atoms with Crippen molar-refractivity contribution in [2.45, 2.75) is 63.4 Å². The summed E-state index contributed by atoms with van der Waals surface area (Å²) in [5, 5.41) is 37.9. The summed E-state index contributed by atoms with van der Waals surface area (Å²) in [5.41, 5.74) is 3.47. The first-order valence-electron chi connectivity index (χ1n) is 12.0. The van der Waals surface area contributed by atoms with Gasteiger partial charge in [0, 0.05) is 38.3 Å². The van der Waals surface area contributed by atoms with Crippen molar-refractivity contribution in [3.63, 3.8) is 0 Å². The Hall–Kier alpha value is -2.44. The number of hydrogen-bond acceptors (Lipinski definition) is 11. The predicted molar refractivity (Wildman–Crippen MR) is 135 cm³/mol. The van der Waals surface area contributed by atoms with Crippen LogP contribution in [0, 0.1) is 12.8 Å². The van der Waals surface area contributed by atoms with Crippen molar-refractivity contribution in [3.05, 3.63) is 23.7 Å². The van der Waals surface area contributed by atoms with E-state index in [-0.39, 0.29) is 12.7 Å². The molecule has 35 heavy (non-hydrogen) atoms. The maximum Gasteiger partial charge on any atom is 0.224 e. The van der Waals surface area contributed by atoms with Gasteiger partial charge in [-0.1, -0.05) is 0 Å². The topological polar surface area (TPSA) is 146 Å². The first-order valence-corrected chi connectivity index (χ1v) is 12.9. The first kappa shape index (κ1) is 24.3. The van der Waals surface area contributed by atoms with Crippen LogP contribution in [0.1, 0.15) is 43.5 Å². The van der Waals surface area contributed by atoms with E-state index in [1.807, 2.05) is 26.1 Å². The second-order valence-electron chi connectivity index (χ2n) is 9.53. The molecule has 0 bridgehead atoms. The average Bonchev–Trinajstić information content (AvgIpc) is 3.55. The van der Waals surface area contributed by atoms with Crippen molar-refractivity contribution < 1.29 is 20.1 Å². The highest BCUT2D eigenvalue weighted by Crippen LogP contribution is 2.44. The Morgan fingerprint density at radius 3 is 2.69 bits per heavy atom. The molecule has 0 saturated heterocycles. The van der Waals surface area contributed by atoms with Crippen molar-refractivity contribution in [1.82, 2.24) is 19.9 Å². The van der Waals surface area contributed by atoms with E-state index < -0.39 is 24.2 Å². The third-order valence-corrected chi connectivity index (χ3v) is 7.95. The molecule has 0 aliphatic heterocycles. The molecule has 2 aliphatic rings. The van der Waals surface area contributed by atoms with Crippen LogP contribution in [0.3, 0.4) is 0 Å². The van der Waals surface area contributed by atoms with Crippen molar-refractivity contribution >= 4 is 33.3 Å². The van der Waals surface area contributed by atoms with Gasteiger partial charge >= 0.3 is 0 Å². The molecule has 2 fully saturated rings. The molecule has 5 rings (SSSR count). The monoisotopic (exact) mass is 500 g/mol. The molecule has 0 amide bonds. The Balaban J connectivity index is 1.54. The summed E-state index contributed by atoms with van der Waals surface area (Å²) in [5.74, 6) is 1.04. The zero-order valence-electron chi connectivity index (χ0n) is 20.1. The van der Waals surface area contributed by atoms with Gasteiger partial charge in [-0.15, -0.1) is 11.3 Å². The fourth-order valence-electron chi connectivity index (χ4n) is 4.59. The van der Waals surface area contributed by atoms with Gasteiger partial charge in [-0.05, 0) is 39.2 Å². The number of ether oxygens (including phenoxy) is 1. The number of methoxy groups -OCH3 is 1. The van der Waals surface area contributed by atoms with Crippen molar-refractivity contribution in [1.29, 1.82) is 0 Å². The zero-order chi connectivity index (χ0) is 24.7. The SMILES string of the molecule is CO[C@@H](C)CNc1nc(C)c(-c2nc3c(C4CC4)nccc3s2)c(N[C@@H]2C[C@H](CO)[C@@H](O)[C@H]2O)n1. The van der Waals surface area contributed by atoms with Crippen LogP contribution in [0.15, 0.2) is 12.3 Å². The van der Waals surface area contributed by atoms with Gasteiger partial charge < -0.3 is 30.7 Å². The summed E-state index contributed by atoms with van der Waals surface area (Å²) < 4.78 is 6.38. The summed E-state index contributed by atoms with van der Waals surface area (Å²) in [4.78, 5) is 19.0. The Morgan fingerprint density at radius 2 is 2.00 bits per heavy atom. The van der Waals surface area contributed by atoms with Gasteiger partial charge in [0.05, 0.1) is 39.9 Å². The van der Waals surface area contributed by atoms with E-state index in [9.17, 15) is 15.3 Å². The number of fused-ring (bicyclic) bond motifs is 1. The van der Waals surface area contributed by atoms with Crippen LogP contribution in [0.25, 0.3) is 20.8 Å². The third-order valence-electron chi connectivity index (χ3n) is 6.91. The molecule has 3 aromatic heterocycles. The normalized spacial score (nSPS) is 25.2. The van der Waals surface area contributed by atoms with Crippen LogP contribution in [-0.4, -0.2) is 79.9 Å². The van der Waals surface area contributed by atoms with Crippen LogP contribution in [0.4, 0.5) is 11.8 Å². The highest BCUT2D eigenvalue weighted by molar-refractivity contribution is 7.21. The number of aliphatic hydroxyl groups excluding tert-OH is 3. The molecule has 5 atom stereocenters. The number of nitrogens with one attached hydrogen (secondary N) is 2. The van der Waals surface area contributed by atoms with E-state index in [1.54, 1.807) is 18.4 Å². The predicted octanol–water partition coefficient (Wildman–Crippen LogP) is 2.30. The zero-order valence-corrected chi connectivity index (χ0v) is 20.9. The maximum atomic E-state index is 10.6. The molecule has 3 aromatic rings. The number of nitrogens with zero attached hydrogens (tertiary/aromatic N) is 4. The number of aromatic nitrogens is 4. The molecule has 2 aliphatic carbocycles. The van der Waals surface area contributed by atoms with Gasteiger partial charge in [-0.3, -0.25) is 4.98 Å². The maximum absolute atomic E-state index is 10.6. The van der Waals surface area contributed by atoms with Gasteiger partial charge in [0.1, 0.15) is 22.4 Å². The largest absolute Gasteiger partial charge is 0.396 e. The number of rotatable bonds is 9.